The summed E-state index contributed by atoms with van der Waals surface area (Å²) in [6.45, 7) is 8.02. The molecule has 1 saturated heterocycles. The van der Waals surface area contributed by atoms with Crippen LogP contribution < -0.4 is 5.73 Å². The summed E-state index contributed by atoms with van der Waals surface area (Å²) >= 11 is 0. The Morgan fingerprint density at radius 2 is 2.29 bits per heavy atom. The molecule has 0 aromatic carbocycles. The topological polar surface area (TPSA) is 55.6 Å². The van der Waals surface area contributed by atoms with Crippen LogP contribution in [0.4, 0.5) is 4.79 Å². The van der Waals surface area contributed by atoms with Gasteiger partial charge in [-0.1, -0.05) is 13.8 Å². The van der Waals surface area contributed by atoms with Gasteiger partial charge >= 0.3 is 6.09 Å². The van der Waals surface area contributed by atoms with Gasteiger partial charge in [0, 0.05) is 6.54 Å². The predicted molar refractivity (Wildman–Crippen MR) is 55.0 cm³/mol. The van der Waals surface area contributed by atoms with Crippen molar-refractivity contribution in [3.05, 3.63) is 0 Å². The van der Waals surface area contributed by atoms with Crippen molar-refractivity contribution in [1.82, 2.24) is 4.90 Å². The fraction of sp³-hybridized carbons (Fsp3) is 0.900. The molecule has 1 fully saturated rings. The van der Waals surface area contributed by atoms with Crippen LogP contribution in [0.2, 0.25) is 0 Å². The highest BCUT2D eigenvalue weighted by molar-refractivity contribution is 5.71. The summed E-state index contributed by atoms with van der Waals surface area (Å²) < 4.78 is 5.07. The Bertz CT molecular complexity index is 218. The summed E-state index contributed by atoms with van der Waals surface area (Å²) in [6, 6.07) is 0. The van der Waals surface area contributed by atoms with E-state index in [9.17, 15) is 4.79 Å². The number of hydrogen-bond acceptors (Lipinski definition) is 3. The van der Waals surface area contributed by atoms with Crippen molar-refractivity contribution in [3.8, 4) is 0 Å². The lowest BCUT2D eigenvalue weighted by Gasteiger charge is -2.32. The van der Waals surface area contributed by atoms with E-state index in [1.54, 1.807) is 0 Å². The van der Waals surface area contributed by atoms with Crippen LogP contribution in [0, 0.1) is 5.92 Å². The average Bonchev–Trinajstić information content (AvgIpc) is 2.33. The van der Waals surface area contributed by atoms with Gasteiger partial charge in [0.1, 0.15) is 6.61 Å². The first-order chi connectivity index (χ1) is 6.49. The zero-order chi connectivity index (χ0) is 10.8. The summed E-state index contributed by atoms with van der Waals surface area (Å²) in [5, 5.41) is 0. The van der Waals surface area contributed by atoms with E-state index in [0.29, 0.717) is 19.1 Å². The minimum absolute atomic E-state index is 0.198. The van der Waals surface area contributed by atoms with Crippen molar-refractivity contribution in [3.63, 3.8) is 0 Å². The van der Waals surface area contributed by atoms with Crippen LogP contribution in [0.3, 0.4) is 0 Å². The van der Waals surface area contributed by atoms with Crippen LogP contribution in [-0.2, 0) is 4.74 Å². The monoisotopic (exact) mass is 200 g/mol. The van der Waals surface area contributed by atoms with Gasteiger partial charge in [-0.2, -0.15) is 0 Å². The number of nitrogens with two attached hydrogens (primary N) is 1. The molecule has 0 aliphatic carbocycles. The van der Waals surface area contributed by atoms with E-state index in [-0.39, 0.29) is 11.6 Å². The van der Waals surface area contributed by atoms with Gasteiger partial charge in [0.2, 0.25) is 0 Å². The molecule has 1 atom stereocenters. The third kappa shape index (κ3) is 2.18. The van der Waals surface area contributed by atoms with Crippen LogP contribution in [0.5, 0.6) is 0 Å². The molecule has 0 saturated carbocycles. The zero-order valence-electron chi connectivity index (χ0n) is 9.25. The maximum atomic E-state index is 11.5. The molecular formula is C10H20N2O2. The molecule has 1 aliphatic heterocycles. The number of rotatable bonds is 4. The molecule has 1 amide bonds. The number of carbonyl (C=O) groups excluding carboxylic acids is 1. The quantitative estimate of drug-likeness (QED) is 0.742. The van der Waals surface area contributed by atoms with E-state index in [1.807, 2.05) is 11.8 Å². The molecule has 1 rings (SSSR count). The molecule has 4 heteroatoms. The van der Waals surface area contributed by atoms with Crippen molar-refractivity contribution in [2.24, 2.45) is 11.7 Å². The fourth-order valence-electron chi connectivity index (χ4n) is 1.77. The standard InChI is InChI=1S/C10H20N2O2/c1-8(2)6-12-9(13)14-7-10(12,3)4-5-11/h8H,4-7,11H2,1-3H3. The molecule has 0 aromatic rings. The lowest BCUT2D eigenvalue weighted by atomic mass is 9.97. The van der Waals surface area contributed by atoms with E-state index < -0.39 is 0 Å². The number of amides is 1. The third-order valence-electron chi connectivity index (χ3n) is 2.61. The van der Waals surface area contributed by atoms with Gasteiger partial charge < -0.3 is 10.5 Å². The Balaban J connectivity index is 2.70. The lowest BCUT2D eigenvalue weighted by molar-refractivity contribution is 0.144. The summed E-state index contributed by atoms with van der Waals surface area (Å²) in [5.41, 5.74) is 5.34. The molecule has 0 aromatic heterocycles. The van der Waals surface area contributed by atoms with Crippen molar-refractivity contribution in [1.29, 1.82) is 0 Å². The molecule has 82 valence electrons. The Hall–Kier alpha value is -0.770. The van der Waals surface area contributed by atoms with Crippen molar-refractivity contribution >= 4 is 6.09 Å². The van der Waals surface area contributed by atoms with Gasteiger partial charge in [-0.15, -0.1) is 0 Å². The largest absolute Gasteiger partial charge is 0.447 e. The third-order valence-corrected chi connectivity index (χ3v) is 2.61. The van der Waals surface area contributed by atoms with Crippen molar-refractivity contribution in [2.75, 3.05) is 19.7 Å². The first-order valence-corrected chi connectivity index (χ1v) is 5.14. The molecule has 0 bridgehead atoms. The van der Waals surface area contributed by atoms with Gasteiger partial charge in [0.05, 0.1) is 5.54 Å². The molecule has 0 spiro atoms. The summed E-state index contributed by atoms with van der Waals surface area (Å²) in [6.07, 6.45) is 0.598. The molecule has 0 radical (unpaired) electrons. The second kappa shape index (κ2) is 4.17. The Morgan fingerprint density at radius 3 is 2.79 bits per heavy atom. The average molecular weight is 200 g/mol. The minimum Gasteiger partial charge on any atom is -0.447 e. The van der Waals surface area contributed by atoms with Crippen LogP contribution >= 0.6 is 0 Å². The first-order valence-electron chi connectivity index (χ1n) is 5.14. The van der Waals surface area contributed by atoms with Gasteiger partial charge in [-0.3, -0.25) is 4.90 Å². The molecular weight excluding hydrogens is 180 g/mol. The fourth-order valence-corrected chi connectivity index (χ4v) is 1.77. The lowest BCUT2D eigenvalue weighted by Crippen LogP contribution is -2.47. The Labute approximate surface area is 85.4 Å². The van der Waals surface area contributed by atoms with E-state index in [0.717, 1.165) is 13.0 Å². The number of cyclic esters (lactones) is 1. The second-order valence-electron chi connectivity index (χ2n) is 4.59. The Kier molecular flexibility index (Phi) is 3.37. The molecule has 4 nitrogen and oxygen atoms in total. The summed E-state index contributed by atoms with van der Waals surface area (Å²) in [4.78, 5) is 13.3. The first kappa shape index (κ1) is 11.3. The second-order valence-corrected chi connectivity index (χ2v) is 4.59. The molecule has 2 N–H and O–H groups in total. The highest BCUT2D eigenvalue weighted by atomic mass is 16.6. The van der Waals surface area contributed by atoms with E-state index in [1.165, 1.54) is 0 Å². The van der Waals surface area contributed by atoms with E-state index >= 15 is 0 Å². The van der Waals surface area contributed by atoms with Gasteiger partial charge in [-0.05, 0) is 25.8 Å². The molecule has 1 unspecified atom stereocenters. The summed E-state index contributed by atoms with van der Waals surface area (Å²) in [7, 11) is 0. The number of nitrogens with zero attached hydrogens (tertiary/aromatic N) is 1. The van der Waals surface area contributed by atoms with Crippen LogP contribution in [-0.4, -0.2) is 36.2 Å². The van der Waals surface area contributed by atoms with Gasteiger partial charge in [-0.25, -0.2) is 4.79 Å². The minimum atomic E-state index is -0.199. The zero-order valence-corrected chi connectivity index (χ0v) is 9.25. The molecule has 1 heterocycles. The smallest absolute Gasteiger partial charge is 0.410 e. The van der Waals surface area contributed by atoms with Crippen LogP contribution in [0.25, 0.3) is 0 Å². The number of ether oxygens (including phenoxy) is 1. The van der Waals surface area contributed by atoms with E-state index in [4.69, 9.17) is 10.5 Å². The molecule has 1 aliphatic rings. The van der Waals surface area contributed by atoms with Crippen molar-refractivity contribution < 1.29 is 9.53 Å². The van der Waals surface area contributed by atoms with Gasteiger partial charge in [0.25, 0.3) is 0 Å². The van der Waals surface area contributed by atoms with Crippen molar-refractivity contribution in [2.45, 2.75) is 32.7 Å². The van der Waals surface area contributed by atoms with E-state index in [2.05, 4.69) is 13.8 Å². The highest BCUT2D eigenvalue weighted by Gasteiger charge is 2.42. The summed E-state index contributed by atoms with van der Waals surface area (Å²) in [5.74, 6) is 0.456. The van der Waals surface area contributed by atoms with Gasteiger partial charge in [0.15, 0.2) is 0 Å². The Morgan fingerprint density at radius 1 is 1.64 bits per heavy atom. The number of carbonyl (C=O) groups is 1. The van der Waals surface area contributed by atoms with Crippen LogP contribution in [0.15, 0.2) is 0 Å². The SMILES string of the molecule is CC(C)CN1C(=O)OCC1(C)CCN. The highest BCUT2D eigenvalue weighted by Crippen LogP contribution is 2.27. The van der Waals surface area contributed by atoms with Crippen LogP contribution in [0.1, 0.15) is 27.2 Å². The molecule has 14 heavy (non-hydrogen) atoms. The normalized spacial score (nSPS) is 27.2. The number of hydrogen-bond donors (Lipinski definition) is 1. The maximum Gasteiger partial charge on any atom is 0.410 e. The maximum absolute atomic E-state index is 11.5. The predicted octanol–water partition coefficient (Wildman–Crippen LogP) is 1.20.